The Balaban J connectivity index is 2.20. The van der Waals surface area contributed by atoms with Crippen LogP contribution < -0.4 is 4.90 Å². The van der Waals surface area contributed by atoms with Gasteiger partial charge in [-0.25, -0.2) is 9.97 Å². The predicted molar refractivity (Wildman–Crippen MR) is 67.2 cm³/mol. The molecule has 1 fully saturated rings. The SMILES string of the molecule is Cc1ncnc(N2CCN(C)C(CO)C2)c1C. The first-order valence-electron chi connectivity index (χ1n) is 5.97. The summed E-state index contributed by atoms with van der Waals surface area (Å²) in [5.41, 5.74) is 2.16. The van der Waals surface area contributed by atoms with E-state index in [-0.39, 0.29) is 12.6 Å². The topological polar surface area (TPSA) is 52.5 Å². The molecule has 5 nitrogen and oxygen atoms in total. The standard InChI is InChI=1S/C12H20N4O/c1-9-10(2)13-8-14-12(9)16-5-4-15(3)11(6-16)7-17/h8,11,17H,4-7H2,1-3H3. The van der Waals surface area contributed by atoms with E-state index >= 15 is 0 Å². The average molecular weight is 236 g/mol. The molecule has 0 bridgehead atoms. The van der Waals surface area contributed by atoms with E-state index in [4.69, 9.17) is 0 Å². The third-order valence-electron chi connectivity index (χ3n) is 3.60. The van der Waals surface area contributed by atoms with E-state index in [1.54, 1.807) is 6.33 Å². The number of piperazine rings is 1. The molecule has 2 rings (SSSR count). The smallest absolute Gasteiger partial charge is 0.135 e. The normalized spacial score (nSPS) is 21.9. The fourth-order valence-corrected chi connectivity index (χ4v) is 2.18. The number of rotatable bonds is 2. The van der Waals surface area contributed by atoms with Gasteiger partial charge in [0.25, 0.3) is 0 Å². The van der Waals surface area contributed by atoms with Crippen molar-refractivity contribution >= 4 is 5.82 Å². The molecule has 94 valence electrons. The van der Waals surface area contributed by atoms with Crippen LogP contribution >= 0.6 is 0 Å². The molecule has 1 atom stereocenters. The number of hydrogen-bond donors (Lipinski definition) is 1. The lowest BCUT2D eigenvalue weighted by molar-refractivity contribution is 0.135. The van der Waals surface area contributed by atoms with Crippen molar-refractivity contribution in [3.63, 3.8) is 0 Å². The fraction of sp³-hybridized carbons (Fsp3) is 0.667. The number of aliphatic hydroxyl groups excluding tert-OH is 1. The molecule has 0 saturated carbocycles. The number of likely N-dealkylation sites (N-methyl/N-ethyl adjacent to an activating group) is 1. The van der Waals surface area contributed by atoms with Crippen LogP contribution in [0.15, 0.2) is 6.33 Å². The molecule has 1 aromatic rings. The molecule has 1 aromatic heterocycles. The first kappa shape index (κ1) is 12.3. The van der Waals surface area contributed by atoms with Crippen molar-refractivity contribution in [3.8, 4) is 0 Å². The summed E-state index contributed by atoms with van der Waals surface area (Å²) in [6.45, 7) is 6.97. The molecule has 0 radical (unpaired) electrons. The molecule has 1 aliphatic heterocycles. The molecular formula is C12H20N4O. The molecule has 1 aliphatic rings. The second-order valence-corrected chi connectivity index (χ2v) is 4.67. The first-order valence-corrected chi connectivity index (χ1v) is 5.97. The highest BCUT2D eigenvalue weighted by molar-refractivity contribution is 5.48. The van der Waals surface area contributed by atoms with Crippen molar-refractivity contribution in [1.82, 2.24) is 14.9 Å². The molecule has 17 heavy (non-hydrogen) atoms. The molecule has 1 saturated heterocycles. The molecular weight excluding hydrogens is 216 g/mol. The molecule has 5 heteroatoms. The van der Waals surface area contributed by atoms with Crippen LogP contribution in [0.25, 0.3) is 0 Å². The Labute approximate surface area is 102 Å². The van der Waals surface area contributed by atoms with Crippen molar-refractivity contribution in [2.24, 2.45) is 0 Å². The van der Waals surface area contributed by atoms with Gasteiger partial charge in [0.2, 0.25) is 0 Å². The van der Waals surface area contributed by atoms with Crippen LogP contribution in [0.4, 0.5) is 5.82 Å². The van der Waals surface area contributed by atoms with Gasteiger partial charge in [-0.1, -0.05) is 0 Å². The van der Waals surface area contributed by atoms with Crippen LogP contribution in [0.1, 0.15) is 11.3 Å². The Hall–Kier alpha value is -1.20. The molecule has 1 unspecified atom stereocenters. The summed E-state index contributed by atoms with van der Waals surface area (Å²) in [5, 5.41) is 9.35. The largest absolute Gasteiger partial charge is 0.395 e. The van der Waals surface area contributed by atoms with Crippen LogP contribution in [0.3, 0.4) is 0 Å². The van der Waals surface area contributed by atoms with E-state index < -0.39 is 0 Å². The zero-order valence-corrected chi connectivity index (χ0v) is 10.7. The lowest BCUT2D eigenvalue weighted by atomic mass is 10.1. The second kappa shape index (κ2) is 4.98. The summed E-state index contributed by atoms with van der Waals surface area (Å²) >= 11 is 0. The highest BCUT2D eigenvalue weighted by atomic mass is 16.3. The highest BCUT2D eigenvalue weighted by Crippen LogP contribution is 2.21. The maximum absolute atomic E-state index is 9.35. The minimum Gasteiger partial charge on any atom is -0.395 e. The Morgan fingerprint density at radius 1 is 1.35 bits per heavy atom. The highest BCUT2D eigenvalue weighted by Gasteiger charge is 2.25. The lowest BCUT2D eigenvalue weighted by Gasteiger charge is -2.39. The Morgan fingerprint density at radius 2 is 2.12 bits per heavy atom. The van der Waals surface area contributed by atoms with E-state index in [0.29, 0.717) is 0 Å². The van der Waals surface area contributed by atoms with Crippen molar-refractivity contribution in [1.29, 1.82) is 0 Å². The number of aryl methyl sites for hydroxylation is 1. The lowest BCUT2D eigenvalue weighted by Crippen LogP contribution is -2.53. The van der Waals surface area contributed by atoms with Gasteiger partial charge < -0.3 is 10.0 Å². The van der Waals surface area contributed by atoms with E-state index in [1.807, 2.05) is 6.92 Å². The molecule has 1 N–H and O–H groups in total. The van der Waals surface area contributed by atoms with Crippen LogP contribution in [0, 0.1) is 13.8 Å². The average Bonchev–Trinajstić information content (AvgIpc) is 2.34. The molecule has 0 amide bonds. The van der Waals surface area contributed by atoms with Crippen LogP contribution in [-0.2, 0) is 0 Å². The predicted octanol–water partition coefficient (Wildman–Crippen LogP) is 0.206. The van der Waals surface area contributed by atoms with Crippen molar-refractivity contribution < 1.29 is 5.11 Å². The zero-order chi connectivity index (χ0) is 12.4. The second-order valence-electron chi connectivity index (χ2n) is 4.67. The van der Waals surface area contributed by atoms with Crippen molar-refractivity contribution in [2.45, 2.75) is 19.9 Å². The van der Waals surface area contributed by atoms with E-state index in [1.165, 1.54) is 0 Å². The van der Waals surface area contributed by atoms with Crippen LogP contribution in [0.2, 0.25) is 0 Å². The third kappa shape index (κ3) is 2.40. The molecule has 0 aromatic carbocycles. The Bertz CT molecular complexity index is 396. The quantitative estimate of drug-likeness (QED) is 0.795. The van der Waals surface area contributed by atoms with Gasteiger partial charge in [0.1, 0.15) is 12.1 Å². The van der Waals surface area contributed by atoms with E-state index in [9.17, 15) is 5.11 Å². The van der Waals surface area contributed by atoms with Gasteiger partial charge in [0.15, 0.2) is 0 Å². The van der Waals surface area contributed by atoms with Gasteiger partial charge in [-0.15, -0.1) is 0 Å². The summed E-state index contributed by atoms with van der Waals surface area (Å²) in [4.78, 5) is 13.0. The number of anilines is 1. The minimum absolute atomic E-state index is 0.191. The maximum Gasteiger partial charge on any atom is 0.135 e. The molecule has 2 heterocycles. The van der Waals surface area contributed by atoms with Gasteiger partial charge in [-0.2, -0.15) is 0 Å². The van der Waals surface area contributed by atoms with Gasteiger partial charge in [0.05, 0.1) is 12.6 Å². The van der Waals surface area contributed by atoms with E-state index in [0.717, 1.165) is 36.7 Å². The van der Waals surface area contributed by atoms with Crippen LogP contribution in [0.5, 0.6) is 0 Å². The number of nitrogens with zero attached hydrogens (tertiary/aromatic N) is 4. The van der Waals surface area contributed by atoms with Gasteiger partial charge in [-0.05, 0) is 20.9 Å². The number of aromatic nitrogens is 2. The van der Waals surface area contributed by atoms with Gasteiger partial charge in [0, 0.05) is 30.9 Å². The summed E-state index contributed by atoms with van der Waals surface area (Å²) in [6.07, 6.45) is 1.62. The molecule has 0 aliphatic carbocycles. The maximum atomic E-state index is 9.35. The minimum atomic E-state index is 0.191. The van der Waals surface area contributed by atoms with Crippen LogP contribution in [-0.4, -0.2) is 59.3 Å². The van der Waals surface area contributed by atoms with Gasteiger partial charge in [-0.3, -0.25) is 4.90 Å². The monoisotopic (exact) mass is 236 g/mol. The summed E-state index contributed by atoms with van der Waals surface area (Å²) < 4.78 is 0. The zero-order valence-electron chi connectivity index (χ0n) is 10.7. The van der Waals surface area contributed by atoms with Crippen molar-refractivity contribution in [2.75, 3.05) is 38.2 Å². The summed E-state index contributed by atoms with van der Waals surface area (Å²) in [6, 6.07) is 0.193. The van der Waals surface area contributed by atoms with E-state index in [2.05, 4.69) is 33.7 Å². The number of hydrogen-bond acceptors (Lipinski definition) is 5. The summed E-state index contributed by atoms with van der Waals surface area (Å²) in [7, 11) is 2.05. The molecule has 0 spiro atoms. The number of aliphatic hydroxyl groups is 1. The summed E-state index contributed by atoms with van der Waals surface area (Å²) in [5.74, 6) is 1.00. The first-order chi connectivity index (χ1) is 8.13. The Morgan fingerprint density at radius 3 is 2.82 bits per heavy atom. The van der Waals surface area contributed by atoms with Gasteiger partial charge >= 0.3 is 0 Å². The fourth-order valence-electron chi connectivity index (χ4n) is 2.18. The third-order valence-corrected chi connectivity index (χ3v) is 3.60. The Kier molecular flexibility index (Phi) is 3.59. The van der Waals surface area contributed by atoms with Crippen molar-refractivity contribution in [3.05, 3.63) is 17.6 Å².